The van der Waals surface area contributed by atoms with Gasteiger partial charge >= 0.3 is 0 Å². The molecule has 1 aromatic carbocycles. The minimum absolute atomic E-state index is 0.0603. The number of thiophene rings is 1. The van der Waals surface area contributed by atoms with Crippen molar-refractivity contribution in [1.82, 2.24) is 0 Å². The first-order valence-electron chi connectivity index (χ1n) is 5.64. The van der Waals surface area contributed by atoms with Crippen molar-refractivity contribution >= 4 is 44.7 Å². The fraction of sp³-hybridized carbons (Fsp3) is 0.0769. The molecular formula is C13H12BrN3O2S. The SMILES string of the molecule is Cc1cscc1C(=O)Nc1cc(Br)ccc1/C(N)=N/O. The molecular weight excluding hydrogens is 342 g/mol. The minimum Gasteiger partial charge on any atom is -0.409 e. The second kappa shape index (κ2) is 6.06. The Morgan fingerprint density at radius 3 is 2.75 bits per heavy atom. The van der Waals surface area contributed by atoms with Gasteiger partial charge in [-0.25, -0.2) is 0 Å². The molecule has 20 heavy (non-hydrogen) atoms. The second-order valence-electron chi connectivity index (χ2n) is 4.10. The first kappa shape index (κ1) is 14.5. The van der Waals surface area contributed by atoms with E-state index in [1.807, 2.05) is 12.3 Å². The van der Waals surface area contributed by atoms with Crippen molar-refractivity contribution in [1.29, 1.82) is 0 Å². The molecule has 0 saturated carbocycles. The molecule has 0 saturated heterocycles. The van der Waals surface area contributed by atoms with Gasteiger partial charge < -0.3 is 16.3 Å². The van der Waals surface area contributed by atoms with Crippen LogP contribution in [0.4, 0.5) is 5.69 Å². The van der Waals surface area contributed by atoms with Gasteiger partial charge in [0.25, 0.3) is 5.91 Å². The molecule has 1 amide bonds. The highest BCUT2D eigenvalue weighted by molar-refractivity contribution is 9.10. The van der Waals surface area contributed by atoms with E-state index < -0.39 is 0 Å². The Kier molecular flexibility index (Phi) is 4.41. The minimum atomic E-state index is -0.228. The zero-order valence-corrected chi connectivity index (χ0v) is 13.0. The monoisotopic (exact) mass is 353 g/mol. The van der Waals surface area contributed by atoms with Crippen molar-refractivity contribution in [2.45, 2.75) is 6.92 Å². The molecule has 0 spiro atoms. The zero-order valence-electron chi connectivity index (χ0n) is 10.6. The van der Waals surface area contributed by atoms with E-state index in [-0.39, 0.29) is 11.7 Å². The van der Waals surface area contributed by atoms with Crippen molar-refractivity contribution < 1.29 is 10.0 Å². The van der Waals surface area contributed by atoms with E-state index in [9.17, 15) is 4.79 Å². The molecule has 5 nitrogen and oxygen atoms in total. The quantitative estimate of drug-likeness (QED) is 0.342. The number of aryl methyl sites for hydroxylation is 1. The maximum Gasteiger partial charge on any atom is 0.256 e. The molecule has 0 radical (unpaired) electrons. The highest BCUT2D eigenvalue weighted by Gasteiger charge is 2.14. The van der Waals surface area contributed by atoms with Gasteiger partial charge in [-0.1, -0.05) is 21.1 Å². The molecule has 0 aliphatic heterocycles. The highest BCUT2D eigenvalue weighted by Crippen LogP contribution is 2.23. The van der Waals surface area contributed by atoms with Crippen LogP contribution in [0.25, 0.3) is 0 Å². The molecule has 2 aromatic rings. The maximum atomic E-state index is 12.2. The van der Waals surface area contributed by atoms with Crippen LogP contribution < -0.4 is 11.1 Å². The van der Waals surface area contributed by atoms with E-state index >= 15 is 0 Å². The standard InChI is InChI=1S/C13H12BrN3O2S/c1-7-5-20-6-10(7)13(18)16-11-4-8(14)2-3-9(11)12(15)17-19/h2-6,19H,1H3,(H2,15,17)(H,16,18). The summed E-state index contributed by atoms with van der Waals surface area (Å²) in [5.41, 5.74) is 8.06. The number of anilines is 1. The van der Waals surface area contributed by atoms with Crippen molar-refractivity contribution in [3.63, 3.8) is 0 Å². The highest BCUT2D eigenvalue weighted by atomic mass is 79.9. The van der Waals surface area contributed by atoms with Crippen LogP contribution in [0.2, 0.25) is 0 Å². The third-order valence-corrected chi connectivity index (χ3v) is 4.07. The van der Waals surface area contributed by atoms with Crippen LogP contribution in [0.3, 0.4) is 0 Å². The molecule has 2 rings (SSSR count). The normalized spacial score (nSPS) is 11.4. The van der Waals surface area contributed by atoms with Crippen molar-refractivity contribution in [3.05, 3.63) is 50.1 Å². The van der Waals surface area contributed by atoms with E-state index in [0.717, 1.165) is 10.0 Å². The van der Waals surface area contributed by atoms with Crippen molar-refractivity contribution in [3.8, 4) is 0 Å². The predicted molar refractivity (Wildman–Crippen MR) is 83.7 cm³/mol. The third kappa shape index (κ3) is 3.00. The molecule has 1 aromatic heterocycles. The number of carbonyl (C=O) groups is 1. The smallest absolute Gasteiger partial charge is 0.256 e. The number of amides is 1. The Labute approximate surface area is 128 Å². The molecule has 0 bridgehead atoms. The fourth-order valence-electron chi connectivity index (χ4n) is 1.68. The predicted octanol–water partition coefficient (Wildman–Crippen LogP) is 3.17. The maximum absolute atomic E-state index is 12.2. The Morgan fingerprint density at radius 2 is 2.15 bits per heavy atom. The molecule has 0 atom stereocenters. The number of nitrogens with zero attached hydrogens (tertiary/aromatic N) is 1. The molecule has 0 fully saturated rings. The van der Waals surface area contributed by atoms with E-state index in [4.69, 9.17) is 10.9 Å². The van der Waals surface area contributed by atoms with Crippen LogP contribution in [0.5, 0.6) is 0 Å². The van der Waals surface area contributed by atoms with Gasteiger partial charge in [0.2, 0.25) is 0 Å². The third-order valence-electron chi connectivity index (χ3n) is 2.71. The van der Waals surface area contributed by atoms with Gasteiger partial charge in [0.05, 0.1) is 11.3 Å². The molecule has 0 aliphatic rings. The average molecular weight is 354 g/mol. The number of rotatable bonds is 3. The lowest BCUT2D eigenvalue weighted by atomic mass is 10.1. The van der Waals surface area contributed by atoms with Gasteiger partial charge in [0.15, 0.2) is 5.84 Å². The van der Waals surface area contributed by atoms with Gasteiger partial charge in [-0.05, 0) is 36.1 Å². The van der Waals surface area contributed by atoms with E-state index in [1.54, 1.807) is 23.6 Å². The Balaban J connectivity index is 2.36. The molecule has 104 valence electrons. The number of halogens is 1. The van der Waals surface area contributed by atoms with Crippen LogP contribution in [-0.2, 0) is 0 Å². The molecule has 0 unspecified atom stereocenters. The van der Waals surface area contributed by atoms with Gasteiger partial charge in [-0.3, -0.25) is 4.79 Å². The summed E-state index contributed by atoms with van der Waals surface area (Å²) in [6, 6.07) is 5.11. The largest absolute Gasteiger partial charge is 0.409 e. The van der Waals surface area contributed by atoms with Crippen molar-refractivity contribution in [2.24, 2.45) is 10.9 Å². The summed E-state index contributed by atoms with van der Waals surface area (Å²) in [7, 11) is 0. The summed E-state index contributed by atoms with van der Waals surface area (Å²) in [6.45, 7) is 1.87. The number of nitrogens with two attached hydrogens (primary N) is 1. The van der Waals surface area contributed by atoms with Crippen LogP contribution in [-0.4, -0.2) is 17.0 Å². The Morgan fingerprint density at radius 1 is 1.40 bits per heavy atom. The number of hydrogen-bond donors (Lipinski definition) is 3. The Hall–Kier alpha value is -1.86. The lowest BCUT2D eigenvalue weighted by Gasteiger charge is -2.10. The number of carbonyl (C=O) groups excluding carboxylic acids is 1. The van der Waals surface area contributed by atoms with E-state index in [1.165, 1.54) is 11.3 Å². The number of hydrogen-bond acceptors (Lipinski definition) is 4. The molecule has 4 N–H and O–H groups in total. The number of nitrogens with one attached hydrogen (secondary N) is 1. The van der Waals surface area contributed by atoms with E-state index in [2.05, 4.69) is 26.4 Å². The number of amidine groups is 1. The van der Waals surface area contributed by atoms with Gasteiger partial charge in [0.1, 0.15) is 0 Å². The fourth-order valence-corrected chi connectivity index (χ4v) is 2.87. The van der Waals surface area contributed by atoms with Gasteiger partial charge in [0, 0.05) is 15.4 Å². The van der Waals surface area contributed by atoms with Crippen LogP contribution in [0.1, 0.15) is 21.5 Å². The van der Waals surface area contributed by atoms with Crippen LogP contribution in [0.15, 0.2) is 38.6 Å². The summed E-state index contributed by atoms with van der Waals surface area (Å²) in [6.07, 6.45) is 0. The van der Waals surface area contributed by atoms with Crippen LogP contribution >= 0.6 is 27.3 Å². The summed E-state index contributed by atoms with van der Waals surface area (Å²) in [5, 5.41) is 18.2. The van der Waals surface area contributed by atoms with Crippen molar-refractivity contribution in [2.75, 3.05) is 5.32 Å². The lowest BCUT2D eigenvalue weighted by Crippen LogP contribution is -2.19. The molecule has 0 aliphatic carbocycles. The van der Waals surface area contributed by atoms with Crippen LogP contribution in [0, 0.1) is 6.92 Å². The summed E-state index contributed by atoms with van der Waals surface area (Å²) >= 11 is 4.79. The van der Waals surface area contributed by atoms with E-state index in [0.29, 0.717) is 16.8 Å². The Bertz CT molecular complexity index is 682. The van der Waals surface area contributed by atoms with Gasteiger partial charge in [-0.2, -0.15) is 11.3 Å². The topological polar surface area (TPSA) is 87.7 Å². The molecule has 7 heteroatoms. The number of oxime groups is 1. The summed E-state index contributed by atoms with van der Waals surface area (Å²) < 4.78 is 0.782. The summed E-state index contributed by atoms with van der Waals surface area (Å²) in [5.74, 6) is -0.288. The average Bonchev–Trinajstić information content (AvgIpc) is 2.84. The lowest BCUT2D eigenvalue weighted by molar-refractivity contribution is 0.102. The first-order valence-corrected chi connectivity index (χ1v) is 7.38. The van der Waals surface area contributed by atoms with Gasteiger partial charge in [-0.15, -0.1) is 0 Å². The molecule has 1 heterocycles. The first-order chi connectivity index (χ1) is 9.52. The zero-order chi connectivity index (χ0) is 14.7. The summed E-state index contributed by atoms with van der Waals surface area (Å²) in [4.78, 5) is 12.2. The second-order valence-corrected chi connectivity index (χ2v) is 5.76. The number of benzene rings is 1.